The van der Waals surface area contributed by atoms with Crippen LogP contribution in [-0.2, 0) is 0 Å². The molecule has 1 heterocycles. The molecule has 0 radical (unpaired) electrons. The van der Waals surface area contributed by atoms with Gasteiger partial charge in [-0.25, -0.2) is 0 Å². The predicted molar refractivity (Wildman–Crippen MR) is 68.4 cm³/mol. The summed E-state index contributed by atoms with van der Waals surface area (Å²) in [6.07, 6.45) is 3.91. The Morgan fingerprint density at radius 1 is 1.47 bits per heavy atom. The van der Waals surface area contributed by atoms with Crippen LogP contribution in [-0.4, -0.2) is 37.7 Å². The van der Waals surface area contributed by atoms with Crippen molar-refractivity contribution in [2.24, 2.45) is 10.9 Å². The Bertz CT molecular complexity index is 285. The van der Waals surface area contributed by atoms with Crippen molar-refractivity contribution in [3.05, 3.63) is 0 Å². The van der Waals surface area contributed by atoms with E-state index in [1.807, 2.05) is 0 Å². The van der Waals surface area contributed by atoms with Crippen molar-refractivity contribution in [3.63, 3.8) is 0 Å². The lowest BCUT2D eigenvalue weighted by atomic mass is 9.63. The third-order valence-corrected chi connectivity index (χ3v) is 4.11. The van der Waals surface area contributed by atoms with Gasteiger partial charge in [0, 0.05) is 7.05 Å². The van der Waals surface area contributed by atoms with E-state index in [1.165, 1.54) is 25.1 Å². The highest BCUT2D eigenvalue weighted by molar-refractivity contribution is 6.15. The number of rotatable bonds is 0. The fourth-order valence-electron chi connectivity index (χ4n) is 3.50. The molecule has 4 atom stereocenters. The number of likely N-dealkylation sites (N-methyl/N-ethyl adjacent to an activating group) is 1. The van der Waals surface area contributed by atoms with E-state index in [0.717, 1.165) is 5.92 Å². The van der Waals surface area contributed by atoms with Gasteiger partial charge in [-0.15, -0.1) is 0 Å². The van der Waals surface area contributed by atoms with Crippen molar-refractivity contribution in [1.29, 1.82) is 0 Å². The maximum atomic E-state index is 4.82. The topological polar surface area (TPSA) is 15.6 Å². The Morgan fingerprint density at radius 2 is 2.13 bits per heavy atom. The molecule has 1 fully saturated rings. The summed E-state index contributed by atoms with van der Waals surface area (Å²) in [6, 6.07) is 1.22. The van der Waals surface area contributed by atoms with E-state index < -0.39 is 0 Å². The highest BCUT2D eigenvalue weighted by Crippen LogP contribution is 2.44. The van der Waals surface area contributed by atoms with Crippen LogP contribution in [0.5, 0.6) is 0 Å². The molecule has 3 heteroatoms. The fourth-order valence-corrected chi connectivity index (χ4v) is 3.50. The van der Waals surface area contributed by atoms with Crippen LogP contribution in [0.4, 0.5) is 0 Å². The molecule has 84 valence electrons. The second-order valence-electron chi connectivity index (χ2n) is 6.34. The normalized spacial score (nSPS) is 46.0. The van der Waals surface area contributed by atoms with Crippen LogP contribution in [0.2, 0.25) is 5.31 Å². The first-order valence-corrected chi connectivity index (χ1v) is 6.16. The van der Waals surface area contributed by atoms with Crippen LogP contribution < -0.4 is 0 Å². The second kappa shape index (κ2) is 3.53. The maximum absolute atomic E-state index is 4.82. The molecular formula is C12H23BN2. The summed E-state index contributed by atoms with van der Waals surface area (Å²) in [4.78, 5) is 7.22. The lowest BCUT2D eigenvalue weighted by Crippen LogP contribution is -2.36. The van der Waals surface area contributed by atoms with Gasteiger partial charge in [-0.2, -0.15) is 0 Å². The quantitative estimate of drug-likeness (QED) is 0.551. The zero-order valence-electron chi connectivity index (χ0n) is 10.7. The first kappa shape index (κ1) is 11.0. The largest absolute Gasteiger partial charge is 0.359 e. The van der Waals surface area contributed by atoms with Crippen LogP contribution >= 0.6 is 0 Å². The minimum Gasteiger partial charge on any atom is -0.359 e. The van der Waals surface area contributed by atoms with Gasteiger partial charge < -0.3 is 4.90 Å². The molecule has 0 bridgehead atoms. The Morgan fingerprint density at radius 3 is 2.80 bits per heavy atom. The van der Waals surface area contributed by atoms with Crippen molar-refractivity contribution >= 4 is 13.7 Å². The highest BCUT2D eigenvalue weighted by atomic mass is 15.3. The lowest BCUT2D eigenvalue weighted by Gasteiger charge is -2.26. The molecule has 2 aliphatic rings. The van der Waals surface area contributed by atoms with Crippen molar-refractivity contribution in [2.45, 2.75) is 57.4 Å². The Balaban J connectivity index is 2.22. The zero-order chi connectivity index (χ0) is 11.2. The highest BCUT2D eigenvalue weighted by Gasteiger charge is 2.40. The fraction of sp³-hybridized carbons (Fsp3) is 0.917. The molecule has 2 rings (SSSR count). The van der Waals surface area contributed by atoms with Gasteiger partial charge in [0.15, 0.2) is 0 Å². The number of nitrogens with zero attached hydrogens (tertiary/aromatic N) is 2. The summed E-state index contributed by atoms with van der Waals surface area (Å²) in [7, 11) is 4.60. The van der Waals surface area contributed by atoms with Crippen LogP contribution in [0.25, 0.3) is 0 Å². The van der Waals surface area contributed by atoms with E-state index in [4.69, 9.17) is 4.99 Å². The average molecular weight is 206 g/mol. The number of hydrogen-bond acceptors (Lipinski definition) is 2. The zero-order valence-corrected chi connectivity index (χ0v) is 10.7. The third kappa shape index (κ3) is 2.06. The van der Waals surface area contributed by atoms with Crippen molar-refractivity contribution in [3.8, 4) is 0 Å². The van der Waals surface area contributed by atoms with Gasteiger partial charge in [0.05, 0.1) is 17.9 Å². The minimum atomic E-state index is 0.466. The molecule has 0 aromatic rings. The molecule has 0 N–H and O–H groups in total. The molecule has 0 aromatic carbocycles. The van der Waals surface area contributed by atoms with Gasteiger partial charge in [0.1, 0.15) is 7.85 Å². The van der Waals surface area contributed by atoms with E-state index in [1.54, 1.807) is 0 Å². The average Bonchev–Trinajstić information content (AvgIpc) is 2.29. The standard InChI is InChI=1S/C12H23BN2/c1-8-5-11-10(7-12(3,13)6-8)14-9(2)15(11)4/h8,10-11H,5-7,13H2,1-4H3. The summed E-state index contributed by atoms with van der Waals surface area (Å²) >= 11 is 0. The number of amidine groups is 1. The van der Waals surface area contributed by atoms with E-state index in [0.29, 0.717) is 17.4 Å². The first-order chi connectivity index (χ1) is 6.89. The molecule has 0 spiro atoms. The Kier molecular flexibility index (Phi) is 2.60. The van der Waals surface area contributed by atoms with E-state index in [-0.39, 0.29) is 0 Å². The minimum absolute atomic E-state index is 0.466. The van der Waals surface area contributed by atoms with Crippen molar-refractivity contribution in [1.82, 2.24) is 4.90 Å². The van der Waals surface area contributed by atoms with Gasteiger partial charge in [0.25, 0.3) is 0 Å². The molecular weight excluding hydrogens is 183 g/mol. The van der Waals surface area contributed by atoms with E-state index in [9.17, 15) is 0 Å². The third-order valence-electron chi connectivity index (χ3n) is 4.11. The van der Waals surface area contributed by atoms with Crippen molar-refractivity contribution < 1.29 is 0 Å². The van der Waals surface area contributed by atoms with Crippen molar-refractivity contribution in [2.75, 3.05) is 7.05 Å². The SMILES string of the molecule is BC1(C)CC(C)CC2C(C1)N=C(C)N2C. The Hall–Kier alpha value is -0.465. The molecule has 0 amide bonds. The Labute approximate surface area is 94.5 Å². The predicted octanol–water partition coefficient (Wildman–Crippen LogP) is 1.72. The monoisotopic (exact) mass is 206 g/mol. The van der Waals surface area contributed by atoms with E-state index >= 15 is 0 Å². The molecule has 0 saturated heterocycles. The molecule has 15 heavy (non-hydrogen) atoms. The van der Waals surface area contributed by atoms with E-state index in [2.05, 4.69) is 40.6 Å². The van der Waals surface area contributed by atoms with Gasteiger partial charge in [0.2, 0.25) is 0 Å². The first-order valence-electron chi connectivity index (χ1n) is 6.16. The number of fused-ring (bicyclic) bond motifs is 1. The smallest absolute Gasteiger partial charge is 0.109 e. The number of aliphatic imine (C=N–C) groups is 1. The van der Waals surface area contributed by atoms with Crippen LogP contribution in [0.3, 0.4) is 0 Å². The molecule has 1 aliphatic heterocycles. The molecule has 1 aliphatic carbocycles. The molecule has 4 unspecified atom stereocenters. The summed E-state index contributed by atoms with van der Waals surface area (Å²) in [5, 5.41) is 0.466. The van der Waals surface area contributed by atoms with Crippen LogP contribution in [0.15, 0.2) is 4.99 Å². The second-order valence-corrected chi connectivity index (χ2v) is 6.34. The van der Waals surface area contributed by atoms with Gasteiger partial charge in [-0.05, 0) is 25.7 Å². The summed E-state index contributed by atoms with van der Waals surface area (Å²) < 4.78 is 0. The molecule has 0 aromatic heterocycles. The van der Waals surface area contributed by atoms with Gasteiger partial charge in [-0.3, -0.25) is 4.99 Å². The summed E-state index contributed by atoms with van der Waals surface area (Å²) in [5.41, 5.74) is 0. The van der Waals surface area contributed by atoms with Crippen LogP contribution in [0, 0.1) is 5.92 Å². The number of hydrogen-bond donors (Lipinski definition) is 0. The summed E-state index contributed by atoms with van der Waals surface area (Å²) in [6.45, 7) is 6.94. The van der Waals surface area contributed by atoms with Gasteiger partial charge in [-0.1, -0.05) is 25.6 Å². The van der Waals surface area contributed by atoms with Gasteiger partial charge >= 0.3 is 0 Å². The molecule has 2 nitrogen and oxygen atoms in total. The van der Waals surface area contributed by atoms with Crippen LogP contribution in [0.1, 0.15) is 40.0 Å². The lowest BCUT2D eigenvalue weighted by molar-refractivity contribution is 0.306. The maximum Gasteiger partial charge on any atom is 0.109 e. The summed E-state index contributed by atoms with van der Waals surface area (Å²) in [5.74, 6) is 2.06. The molecule has 1 saturated carbocycles.